The van der Waals surface area contributed by atoms with E-state index in [1.165, 1.54) is 6.92 Å². The van der Waals surface area contributed by atoms with Gasteiger partial charge in [0, 0.05) is 0 Å². The number of aliphatic carboxylic acids is 1. The van der Waals surface area contributed by atoms with E-state index < -0.39 is 17.3 Å². The summed E-state index contributed by atoms with van der Waals surface area (Å²) in [5, 5.41) is 8.96. The second kappa shape index (κ2) is 3.49. The van der Waals surface area contributed by atoms with E-state index in [9.17, 15) is 9.59 Å². The first-order chi connectivity index (χ1) is 6.49. The summed E-state index contributed by atoms with van der Waals surface area (Å²) in [6.45, 7) is 1.30. The Hall–Kier alpha value is -1.84. The van der Waals surface area contributed by atoms with Crippen LogP contribution in [0.4, 0.5) is 0 Å². The summed E-state index contributed by atoms with van der Waals surface area (Å²) in [5.41, 5.74) is 3.82. The van der Waals surface area contributed by atoms with Gasteiger partial charge in [0.1, 0.15) is 0 Å². The van der Waals surface area contributed by atoms with Gasteiger partial charge in [0.25, 0.3) is 0 Å². The summed E-state index contributed by atoms with van der Waals surface area (Å²) in [7, 11) is 0. The lowest BCUT2D eigenvalue weighted by molar-refractivity contribution is -0.147. The second-order valence-corrected chi connectivity index (χ2v) is 3.16. The van der Waals surface area contributed by atoms with Crippen LogP contribution < -0.4 is 5.73 Å². The summed E-state index contributed by atoms with van der Waals surface area (Å²) >= 11 is 0. The topological polar surface area (TPSA) is 80.4 Å². The Kier molecular flexibility index (Phi) is 2.56. The molecule has 0 aromatic heterocycles. The summed E-state index contributed by atoms with van der Waals surface area (Å²) in [5.74, 6) is -2.10. The lowest BCUT2D eigenvalue weighted by Crippen LogP contribution is -2.45. The van der Waals surface area contributed by atoms with Crippen LogP contribution in [0.5, 0.6) is 0 Å². The fourth-order valence-electron chi connectivity index (χ4n) is 1.14. The zero-order valence-electron chi connectivity index (χ0n) is 7.73. The Labute approximate surface area is 81.3 Å². The van der Waals surface area contributed by atoms with Gasteiger partial charge in [0.15, 0.2) is 5.41 Å². The molecule has 4 heteroatoms. The number of nitrogens with two attached hydrogens (primary N) is 1. The van der Waals surface area contributed by atoms with Gasteiger partial charge in [-0.05, 0) is 12.5 Å². The molecular weight excluding hydrogens is 182 g/mol. The van der Waals surface area contributed by atoms with Gasteiger partial charge < -0.3 is 10.8 Å². The average Bonchev–Trinajstić information content (AvgIpc) is 2.17. The van der Waals surface area contributed by atoms with Crippen LogP contribution in [0.1, 0.15) is 12.5 Å². The minimum Gasteiger partial charge on any atom is -0.480 e. The largest absolute Gasteiger partial charge is 0.480 e. The molecule has 0 fully saturated rings. The molecule has 0 bridgehead atoms. The van der Waals surface area contributed by atoms with Gasteiger partial charge in [-0.1, -0.05) is 30.3 Å². The molecule has 0 aliphatic heterocycles. The van der Waals surface area contributed by atoms with Gasteiger partial charge in [-0.15, -0.1) is 0 Å². The summed E-state index contributed by atoms with van der Waals surface area (Å²) < 4.78 is 0. The monoisotopic (exact) mass is 193 g/mol. The molecular formula is C10H11NO3. The average molecular weight is 193 g/mol. The molecule has 1 aromatic carbocycles. The highest BCUT2D eigenvalue weighted by Crippen LogP contribution is 2.23. The molecule has 1 aromatic rings. The molecule has 0 heterocycles. The van der Waals surface area contributed by atoms with Crippen molar-refractivity contribution in [2.45, 2.75) is 12.3 Å². The van der Waals surface area contributed by atoms with Crippen molar-refractivity contribution in [3.8, 4) is 0 Å². The highest BCUT2D eigenvalue weighted by atomic mass is 16.4. The molecule has 1 rings (SSSR count). The molecule has 1 atom stereocenters. The fourth-order valence-corrected chi connectivity index (χ4v) is 1.14. The van der Waals surface area contributed by atoms with Crippen LogP contribution >= 0.6 is 0 Å². The molecule has 14 heavy (non-hydrogen) atoms. The van der Waals surface area contributed by atoms with Gasteiger partial charge >= 0.3 is 5.97 Å². The maximum absolute atomic E-state index is 11.1. The second-order valence-electron chi connectivity index (χ2n) is 3.16. The molecule has 0 unspecified atom stereocenters. The standard InChI is InChI=1S/C10H11NO3/c1-10(8(11)12,9(13)14)7-5-3-2-4-6-7/h2-6H,1H3,(H2,11,12)(H,13,14)/t10-/m1/s1. The first-order valence-corrected chi connectivity index (χ1v) is 4.08. The minimum atomic E-state index is -1.65. The smallest absolute Gasteiger partial charge is 0.323 e. The molecule has 0 saturated carbocycles. The van der Waals surface area contributed by atoms with Crippen LogP contribution in [0.2, 0.25) is 0 Å². The summed E-state index contributed by atoms with van der Waals surface area (Å²) in [6.07, 6.45) is 0. The number of hydrogen-bond acceptors (Lipinski definition) is 2. The molecule has 3 N–H and O–H groups in total. The first-order valence-electron chi connectivity index (χ1n) is 4.08. The normalized spacial score (nSPS) is 14.4. The Balaban J connectivity index is 3.27. The third-order valence-corrected chi connectivity index (χ3v) is 2.27. The van der Waals surface area contributed by atoms with Crippen molar-refractivity contribution < 1.29 is 14.7 Å². The molecule has 4 nitrogen and oxygen atoms in total. The number of hydrogen-bond donors (Lipinski definition) is 2. The van der Waals surface area contributed by atoms with Gasteiger partial charge in [-0.25, -0.2) is 0 Å². The number of carboxylic acid groups (broad SMARTS) is 1. The number of carbonyl (C=O) groups excluding carboxylic acids is 1. The van der Waals surface area contributed by atoms with Crippen molar-refractivity contribution in [3.05, 3.63) is 35.9 Å². The van der Waals surface area contributed by atoms with E-state index in [4.69, 9.17) is 10.8 Å². The van der Waals surface area contributed by atoms with Crippen molar-refractivity contribution >= 4 is 11.9 Å². The van der Waals surface area contributed by atoms with E-state index in [0.29, 0.717) is 5.56 Å². The van der Waals surface area contributed by atoms with Crippen LogP contribution in [0.15, 0.2) is 30.3 Å². The Morgan fingerprint density at radius 1 is 1.29 bits per heavy atom. The van der Waals surface area contributed by atoms with E-state index in [1.807, 2.05) is 0 Å². The quantitative estimate of drug-likeness (QED) is 0.686. The molecule has 74 valence electrons. The van der Waals surface area contributed by atoms with Gasteiger partial charge in [-0.2, -0.15) is 0 Å². The van der Waals surface area contributed by atoms with E-state index in [0.717, 1.165) is 0 Å². The van der Waals surface area contributed by atoms with Gasteiger partial charge in [0.2, 0.25) is 5.91 Å². The zero-order valence-corrected chi connectivity index (χ0v) is 7.73. The van der Waals surface area contributed by atoms with Crippen LogP contribution in [0.3, 0.4) is 0 Å². The van der Waals surface area contributed by atoms with E-state index >= 15 is 0 Å². The number of rotatable bonds is 3. The van der Waals surface area contributed by atoms with Crippen molar-refractivity contribution in [2.75, 3.05) is 0 Å². The molecule has 0 saturated heterocycles. The van der Waals surface area contributed by atoms with Crippen LogP contribution in [-0.2, 0) is 15.0 Å². The molecule has 0 aliphatic rings. The maximum atomic E-state index is 11.1. The predicted octanol–water partition coefficient (Wildman–Crippen LogP) is 0.514. The molecule has 0 aliphatic carbocycles. The van der Waals surface area contributed by atoms with Crippen molar-refractivity contribution in [1.29, 1.82) is 0 Å². The Morgan fingerprint density at radius 3 is 2.14 bits per heavy atom. The van der Waals surface area contributed by atoms with Gasteiger partial charge in [-0.3, -0.25) is 9.59 Å². The van der Waals surface area contributed by atoms with Crippen LogP contribution in [0, 0.1) is 0 Å². The molecule has 1 amide bonds. The lowest BCUT2D eigenvalue weighted by atomic mass is 9.82. The SMILES string of the molecule is C[C@@](C(N)=O)(C(=O)O)c1ccccc1. The number of carboxylic acids is 1. The van der Waals surface area contributed by atoms with Crippen molar-refractivity contribution in [1.82, 2.24) is 0 Å². The zero-order chi connectivity index (χ0) is 10.8. The highest BCUT2D eigenvalue weighted by molar-refractivity contribution is 6.06. The predicted molar refractivity (Wildman–Crippen MR) is 50.6 cm³/mol. The lowest BCUT2D eigenvalue weighted by Gasteiger charge is -2.20. The van der Waals surface area contributed by atoms with E-state index in [-0.39, 0.29) is 0 Å². The van der Waals surface area contributed by atoms with Crippen LogP contribution in [0.25, 0.3) is 0 Å². The number of amides is 1. The third-order valence-electron chi connectivity index (χ3n) is 2.27. The minimum absolute atomic E-state index is 0.389. The number of carbonyl (C=O) groups is 2. The Bertz CT molecular complexity index is 345. The van der Waals surface area contributed by atoms with Crippen molar-refractivity contribution in [2.24, 2.45) is 5.73 Å². The van der Waals surface area contributed by atoms with Gasteiger partial charge in [0.05, 0.1) is 0 Å². The summed E-state index contributed by atoms with van der Waals surface area (Å²) in [6, 6.07) is 8.21. The van der Waals surface area contributed by atoms with E-state index in [1.54, 1.807) is 30.3 Å². The first kappa shape index (κ1) is 10.2. The molecule has 0 spiro atoms. The van der Waals surface area contributed by atoms with Crippen LogP contribution in [-0.4, -0.2) is 17.0 Å². The number of benzene rings is 1. The highest BCUT2D eigenvalue weighted by Gasteiger charge is 2.41. The number of primary amides is 1. The third kappa shape index (κ3) is 1.46. The van der Waals surface area contributed by atoms with Crippen molar-refractivity contribution in [3.63, 3.8) is 0 Å². The fraction of sp³-hybridized carbons (Fsp3) is 0.200. The molecule has 0 radical (unpaired) electrons. The maximum Gasteiger partial charge on any atom is 0.323 e. The van der Waals surface area contributed by atoms with E-state index in [2.05, 4.69) is 0 Å². The Morgan fingerprint density at radius 2 is 1.79 bits per heavy atom. The summed E-state index contributed by atoms with van der Waals surface area (Å²) in [4.78, 5) is 22.1.